The second-order valence-corrected chi connectivity index (χ2v) is 4.52. The van der Waals surface area contributed by atoms with E-state index in [1.54, 1.807) is 12.1 Å². The van der Waals surface area contributed by atoms with Crippen LogP contribution >= 0.6 is 15.9 Å². The lowest BCUT2D eigenvalue weighted by Gasteiger charge is -2.02. The third-order valence-corrected chi connectivity index (χ3v) is 3.12. The molecule has 0 unspecified atom stereocenters. The van der Waals surface area contributed by atoms with E-state index in [4.69, 9.17) is 14.6 Å². The Morgan fingerprint density at radius 1 is 1.39 bits per heavy atom. The first-order valence-corrected chi connectivity index (χ1v) is 5.82. The molecule has 6 nitrogen and oxygen atoms in total. The molecule has 0 saturated carbocycles. The summed E-state index contributed by atoms with van der Waals surface area (Å²) in [6, 6.07) is 5.02. The van der Waals surface area contributed by atoms with E-state index in [2.05, 4.69) is 26.1 Å². The average molecular weight is 311 g/mol. The SMILES string of the molecule is O=C(O)c1cc(-c2cc(Br)c3c(c2)OCO3)n[nH]1. The van der Waals surface area contributed by atoms with Gasteiger partial charge in [-0.25, -0.2) is 4.79 Å². The van der Waals surface area contributed by atoms with E-state index in [1.165, 1.54) is 6.07 Å². The van der Waals surface area contributed by atoms with E-state index in [0.717, 1.165) is 10.0 Å². The summed E-state index contributed by atoms with van der Waals surface area (Å²) >= 11 is 3.37. The number of carboxylic acids is 1. The molecule has 1 aromatic carbocycles. The molecule has 7 heteroatoms. The van der Waals surface area contributed by atoms with Gasteiger partial charge in [-0.2, -0.15) is 5.10 Å². The maximum Gasteiger partial charge on any atom is 0.353 e. The second-order valence-electron chi connectivity index (χ2n) is 3.66. The Kier molecular flexibility index (Phi) is 2.48. The number of H-pyrrole nitrogens is 1. The van der Waals surface area contributed by atoms with E-state index < -0.39 is 5.97 Å². The van der Waals surface area contributed by atoms with Crippen LogP contribution in [0, 0.1) is 0 Å². The van der Waals surface area contributed by atoms with Gasteiger partial charge in [0.2, 0.25) is 6.79 Å². The summed E-state index contributed by atoms with van der Waals surface area (Å²) in [7, 11) is 0. The lowest BCUT2D eigenvalue weighted by atomic mass is 10.1. The Bertz CT molecular complexity index is 638. The van der Waals surface area contributed by atoms with Crippen LogP contribution in [0.25, 0.3) is 11.3 Å². The first kappa shape index (κ1) is 11.1. The minimum absolute atomic E-state index is 0.0405. The van der Waals surface area contributed by atoms with Crippen LogP contribution in [-0.2, 0) is 0 Å². The number of rotatable bonds is 2. The van der Waals surface area contributed by atoms with Crippen LogP contribution in [0.15, 0.2) is 22.7 Å². The summed E-state index contributed by atoms with van der Waals surface area (Å²) in [4.78, 5) is 10.8. The number of fused-ring (bicyclic) bond motifs is 1. The fourth-order valence-corrected chi connectivity index (χ4v) is 2.25. The Labute approximate surface area is 110 Å². The molecule has 1 aliphatic rings. The maximum absolute atomic E-state index is 10.8. The van der Waals surface area contributed by atoms with Crippen LogP contribution in [-0.4, -0.2) is 28.1 Å². The van der Waals surface area contributed by atoms with Crippen LogP contribution in [0.2, 0.25) is 0 Å². The number of nitrogens with one attached hydrogen (secondary N) is 1. The van der Waals surface area contributed by atoms with E-state index >= 15 is 0 Å². The summed E-state index contributed by atoms with van der Waals surface area (Å²) < 4.78 is 11.3. The zero-order valence-corrected chi connectivity index (χ0v) is 10.5. The quantitative estimate of drug-likeness (QED) is 0.889. The number of carbonyl (C=O) groups is 1. The number of halogens is 1. The van der Waals surface area contributed by atoms with Gasteiger partial charge in [0.15, 0.2) is 11.5 Å². The van der Waals surface area contributed by atoms with Crippen molar-refractivity contribution in [1.82, 2.24) is 10.2 Å². The molecular formula is C11H7BrN2O4. The highest BCUT2D eigenvalue weighted by molar-refractivity contribution is 9.10. The molecule has 18 heavy (non-hydrogen) atoms. The molecule has 0 atom stereocenters. The molecule has 2 aromatic rings. The molecule has 3 rings (SSSR count). The van der Waals surface area contributed by atoms with Crippen molar-refractivity contribution in [1.29, 1.82) is 0 Å². The Morgan fingerprint density at radius 2 is 2.22 bits per heavy atom. The van der Waals surface area contributed by atoms with Crippen LogP contribution in [0.3, 0.4) is 0 Å². The summed E-state index contributed by atoms with van der Waals surface area (Å²) in [5.74, 6) is 0.209. The van der Waals surface area contributed by atoms with Gasteiger partial charge in [0.05, 0.1) is 10.2 Å². The lowest BCUT2D eigenvalue weighted by Crippen LogP contribution is -1.95. The molecule has 2 N–H and O–H groups in total. The van der Waals surface area contributed by atoms with Crippen molar-refractivity contribution in [3.05, 3.63) is 28.4 Å². The van der Waals surface area contributed by atoms with Gasteiger partial charge in [-0.05, 0) is 34.1 Å². The molecule has 0 aliphatic carbocycles. The minimum atomic E-state index is -1.05. The number of hydrogen-bond acceptors (Lipinski definition) is 4. The van der Waals surface area contributed by atoms with E-state index in [0.29, 0.717) is 17.2 Å². The number of nitrogens with zero attached hydrogens (tertiary/aromatic N) is 1. The number of aromatic amines is 1. The summed E-state index contributed by atoms with van der Waals surface area (Å²) in [5.41, 5.74) is 1.32. The van der Waals surface area contributed by atoms with Gasteiger partial charge in [-0.3, -0.25) is 5.10 Å². The Balaban J connectivity index is 2.06. The topological polar surface area (TPSA) is 84.4 Å². The average Bonchev–Trinajstić information content (AvgIpc) is 2.97. The monoisotopic (exact) mass is 310 g/mol. The number of carboxylic acid groups (broad SMARTS) is 1. The molecule has 0 radical (unpaired) electrons. The predicted octanol–water partition coefficient (Wildman–Crippen LogP) is 2.27. The highest BCUT2D eigenvalue weighted by atomic mass is 79.9. The van der Waals surface area contributed by atoms with Gasteiger partial charge < -0.3 is 14.6 Å². The van der Waals surface area contributed by atoms with Crippen molar-refractivity contribution >= 4 is 21.9 Å². The molecule has 0 spiro atoms. The van der Waals surface area contributed by atoms with Gasteiger partial charge >= 0.3 is 5.97 Å². The molecule has 0 bridgehead atoms. The number of ether oxygens (including phenoxy) is 2. The van der Waals surface area contributed by atoms with Crippen molar-refractivity contribution in [2.75, 3.05) is 6.79 Å². The smallest absolute Gasteiger partial charge is 0.353 e. The normalized spacial score (nSPS) is 12.7. The van der Waals surface area contributed by atoms with Crippen LogP contribution in [0.5, 0.6) is 11.5 Å². The minimum Gasteiger partial charge on any atom is -0.477 e. The fourth-order valence-electron chi connectivity index (χ4n) is 1.69. The molecule has 92 valence electrons. The number of aromatic nitrogens is 2. The molecular weight excluding hydrogens is 304 g/mol. The molecule has 1 aromatic heterocycles. The van der Waals surface area contributed by atoms with Gasteiger partial charge in [0.25, 0.3) is 0 Å². The lowest BCUT2D eigenvalue weighted by molar-refractivity contribution is 0.0690. The number of hydrogen-bond donors (Lipinski definition) is 2. The third-order valence-electron chi connectivity index (χ3n) is 2.53. The van der Waals surface area contributed by atoms with E-state index in [1.807, 2.05) is 0 Å². The molecule has 0 saturated heterocycles. The summed E-state index contributed by atoms with van der Waals surface area (Å²) in [5, 5.41) is 15.2. The Hall–Kier alpha value is -2.02. The van der Waals surface area contributed by atoms with Crippen molar-refractivity contribution in [3.63, 3.8) is 0 Å². The molecule has 0 amide bonds. The van der Waals surface area contributed by atoms with Crippen molar-refractivity contribution in [3.8, 4) is 22.8 Å². The zero-order valence-electron chi connectivity index (χ0n) is 8.94. The summed E-state index contributed by atoms with van der Waals surface area (Å²) in [6.07, 6.45) is 0. The van der Waals surface area contributed by atoms with E-state index in [-0.39, 0.29) is 12.5 Å². The first-order chi connectivity index (χ1) is 8.65. The number of aromatic carboxylic acids is 1. The molecule has 0 fully saturated rings. The third kappa shape index (κ3) is 1.72. The van der Waals surface area contributed by atoms with Crippen LogP contribution in [0.1, 0.15) is 10.5 Å². The number of benzene rings is 1. The highest BCUT2D eigenvalue weighted by Gasteiger charge is 2.19. The predicted molar refractivity (Wildman–Crippen MR) is 64.8 cm³/mol. The van der Waals surface area contributed by atoms with Gasteiger partial charge in [0, 0.05) is 5.56 Å². The molecule has 1 aliphatic heterocycles. The maximum atomic E-state index is 10.8. The van der Waals surface area contributed by atoms with Gasteiger partial charge in [-0.1, -0.05) is 0 Å². The second kappa shape index (κ2) is 4.02. The van der Waals surface area contributed by atoms with Gasteiger partial charge in [0.1, 0.15) is 5.69 Å². The fraction of sp³-hybridized carbons (Fsp3) is 0.0909. The van der Waals surface area contributed by atoms with Crippen LogP contribution < -0.4 is 9.47 Å². The van der Waals surface area contributed by atoms with Crippen molar-refractivity contribution in [2.24, 2.45) is 0 Å². The first-order valence-electron chi connectivity index (χ1n) is 5.03. The van der Waals surface area contributed by atoms with E-state index in [9.17, 15) is 4.79 Å². The van der Waals surface area contributed by atoms with Gasteiger partial charge in [-0.15, -0.1) is 0 Å². The summed E-state index contributed by atoms with van der Waals surface area (Å²) in [6.45, 7) is 0.179. The van der Waals surface area contributed by atoms with Crippen molar-refractivity contribution in [2.45, 2.75) is 0 Å². The largest absolute Gasteiger partial charge is 0.477 e. The van der Waals surface area contributed by atoms with Crippen molar-refractivity contribution < 1.29 is 19.4 Å². The molecule has 2 heterocycles. The highest BCUT2D eigenvalue weighted by Crippen LogP contribution is 2.42. The van der Waals surface area contributed by atoms with Crippen LogP contribution in [0.4, 0.5) is 0 Å². The zero-order chi connectivity index (χ0) is 12.7. The Morgan fingerprint density at radius 3 is 2.94 bits per heavy atom. The standard InChI is InChI=1S/C11H7BrN2O4/c12-6-1-5(2-9-10(6)18-4-17-9)7-3-8(11(15)16)14-13-7/h1-3H,4H2,(H,13,14)(H,15,16).